The lowest BCUT2D eigenvalue weighted by atomic mass is 10.0. The molecule has 1 saturated heterocycles. The van der Waals surface area contributed by atoms with Crippen molar-refractivity contribution in [3.8, 4) is 11.5 Å². The number of aromatic amines is 1. The SMILES string of the molecule is CCc1cc(OC2CC(O)CC(CO)O2)c2c(CCc3ccc4c(c3)CCO4)[nH]nc2c1. The topological polar surface area (TPSA) is 96.8 Å². The number of aliphatic hydroxyl groups excluding tert-OH is 2. The number of fused-ring (bicyclic) bond motifs is 2. The van der Waals surface area contributed by atoms with Crippen molar-refractivity contribution in [1.82, 2.24) is 10.2 Å². The van der Waals surface area contributed by atoms with E-state index in [1.54, 1.807) is 0 Å². The number of aryl methyl sites for hydroxylation is 3. The molecule has 5 rings (SSSR count). The molecule has 7 heteroatoms. The minimum Gasteiger partial charge on any atom is -0.493 e. The second-order valence-electron chi connectivity index (χ2n) is 8.70. The van der Waals surface area contributed by atoms with Crippen molar-refractivity contribution >= 4 is 10.9 Å². The second kappa shape index (κ2) is 9.10. The first kappa shape index (κ1) is 21.2. The second-order valence-corrected chi connectivity index (χ2v) is 8.70. The number of H-pyrrole nitrogens is 1. The van der Waals surface area contributed by atoms with Gasteiger partial charge in [-0.15, -0.1) is 0 Å². The zero-order valence-corrected chi connectivity index (χ0v) is 18.3. The summed E-state index contributed by atoms with van der Waals surface area (Å²) in [5, 5.41) is 28.4. The van der Waals surface area contributed by atoms with E-state index in [1.165, 1.54) is 11.1 Å². The fourth-order valence-corrected chi connectivity index (χ4v) is 4.66. The third-order valence-corrected chi connectivity index (χ3v) is 6.39. The van der Waals surface area contributed by atoms with Gasteiger partial charge in [-0.1, -0.05) is 19.1 Å². The average molecular weight is 439 g/mol. The molecule has 0 bridgehead atoms. The molecular formula is C25H30N2O5. The predicted molar refractivity (Wildman–Crippen MR) is 120 cm³/mol. The summed E-state index contributed by atoms with van der Waals surface area (Å²) in [6, 6.07) is 10.5. The summed E-state index contributed by atoms with van der Waals surface area (Å²) in [5.41, 5.74) is 5.56. The third-order valence-electron chi connectivity index (χ3n) is 6.39. The van der Waals surface area contributed by atoms with Crippen LogP contribution in [-0.2, 0) is 30.4 Å². The summed E-state index contributed by atoms with van der Waals surface area (Å²) in [6.45, 7) is 2.72. The first-order valence-corrected chi connectivity index (χ1v) is 11.5. The Labute approximate surface area is 187 Å². The quantitative estimate of drug-likeness (QED) is 0.525. The lowest BCUT2D eigenvalue weighted by molar-refractivity contribution is -0.184. The van der Waals surface area contributed by atoms with Gasteiger partial charge in [0.05, 0.1) is 36.3 Å². The maximum atomic E-state index is 10.2. The maximum Gasteiger partial charge on any atom is 0.202 e. The first-order chi connectivity index (χ1) is 15.6. The van der Waals surface area contributed by atoms with Crippen molar-refractivity contribution in [3.63, 3.8) is 0 Å². The molecule has 2 aromatic carbocycles. The van der Waals surface area contributed by atoms with E-state index in [4.69, 9.17) is 14.2 Å². The van der Waals surface area contributed by atoms with Crippen molar-refractivity contribution < 1.29 is 24.4 Å². The zero-order chi connectivity index (χ0) is 22.1. The summed E-state index contributed by atoms with van der Waals surface area (Å²) in [7, 11) is 0. The molecule has 0 aliphatic carbocycles. The monoisotopic (exact) mass is 438 g/mol. The van der Waals surface area contributed by atoms with Crippen LogP contribution in [0, 0.1) is 0 Å². The fraction of sp³-hybridized carbons (Fsp3) is 0.480. The van der Waals surface area contributed by atoms with E-state index in [-0.39, 0.29) is 6.61 Å². The largest absolute Gasteiger partial charge is 0.493 e. The number of benzene rings is 2. The Bertz CT molecular complexity index is 1100. The minimum absolute atomic E-state index is 0.135. The molecule has 3 atom stereocenters. The predicted octanol–water partition coefficient (Wildman–Crippen LogP) is 3.08. The van der Waals surface area contributed by atoms with E-state index in [1.807, 2.05) is 6.07 Å². The van der Waals surface area contributed by atoms with Gasteiger partial charge in [-0.25, -0.2) is 0 Å². The molecule has 32 heavy (non-hydrogen) atoms. The normalized spacial score (nSPS) is 22.7. The van der Waals surface area contributed by atoms with Crippen LogP contribution < -0.4 is 9.47 Å². The standard InChI is InChI=1S/C25H30N2O5/c1-2-15-10-21-25(23(11-15)32-24-13-18(29)12-19(14-28)31-24)20(26-27-21)5-3-16-4-6-22-17(9-16)7-8-30-22/h4,6,9-11,18-19,24,28-29H,2-3,5,7-8,12-14H2,1H3,(H,26,27). The number of aromatic nitrogens is 2. The molecule has 0 amide bonds. The van der Waals surface area contributed by atoms with Gasteiger partial charge < -0.3 is 24.4 Å². The molecule has 0 saturated carbocycles. The molecule has 1 fully saturated rings. The van der Waals surface area contributed by atoms with E-state index < -0.39 is 18.5 Å². The lowest BCUT2D eigenvalue weighted by Crippen LogP contribution is -2.40. The summed E-state index contributed by atoms with van der Waals surface area (Å²) in [5.74, 6) is 1.71. The van der Waals surface area contributed by atoms with E-state index in [9.17, 15) is 10.2 Å². The van der Waals surface area contributed by atoms with Gasteiger partial charge in [0.25, 0.3) is 0 Å². The van der Waals surface area contributed by atoms with E-state index >= 15 is 0 Å². The van der Waals surface area contributed by atoms with E-state index in [0.29, 0.717) is 18.6 Å². The van der Waals surface area contributed by atoms with Crippen LogP contribution in [0.2, 0.25) is 0 Å². The van der Waals surface area contributed by atoms with Crippen molar-refractivity contribution in [2.45, 2.75) is 63.9 Å². The van der Waals surface area contributed by atoms with Crippen molar-refractivity contribution in [3.05, 3.63) is 52.7 Å². The Morgan fingerprint density at radius 2 is 2.06 bits per heavy atom. The summed E-state index contributed by atoms with van der Waals surface area (Å²) in [4.78, 5) is 0. The molecule has 3 N–H and O–H groups in total. The highest BCUT2D eigenvalue weighted by Crippen LogP contribution is 2.33. The van der Waals surface area contributed by atoms with Crippen molar-refractivity contribution in [2.24, 2.45) is 0 Å². The van der Waals surface area contributed by atoms with Gasteiger partial charge in [0.1, 0.15) is 11.5 Å². The van der Waals surface area contributed by atoms with Crippen LogP contribution in [0.1, 0.15) is 42.1 Å². The molecule has 0 spiro atoms. The van der Waals surface area contributed by atoms with Crippen LogP contribution in [-0.4, -0.2) is 52.1 Å². The number of hydrogen-bond donors (Lipinski definition) is 3. The van der Waals surface area contributed by atoms with E-state index in [2.05, 4.69) is 41.4 Å². The molecule has 3 unspecified atom stereocenters. The van der Waals surface area contributed by atoms with Gasteiger partial charge in [0.2, 0.25) is 6.29 Å². The van der Waals surface area contributed by atoms with Crippen LogP contribution in [0.3, 0.4) is 0 Å². The van der Waals surface area contributed by atoms with Gasteiger partial charge in [-0.2, -0.15) is 5.10 Å². The van der Waals surface area contributed by atoms with Gasteiger partial charge in [0.15, 0.2) is 0 Å². The molecule has 7 nitrogen and oxygen atoms in total. The van der Waals surface area contributed by atoms with Gasteiger partial charge in [0, 0.05) is 25.0 Å². The fourth-order valence-electron chi connectivity index (χ4n) is 4.66. The number of rotatable bonds is 7. The molecule has 2 aliphatic rings. The molecule has 2 aliphatic heterocycles. The van der Waals surface area contributed by atoms with Gasteiger partial charge in [-0.3, -0.25) is 5.10 Å². The Hall–Kier alpha value is -2.61. The molecule has 3 heterocycles. The Kier molecular flexibility index (Phi) is 6.04. The van der Waals surface area contributed by atoms with Crippen LogP contribution in [0.5, 0.6) is 11.5 Å². The van der Waals surface area contributed by atoms with Crippen LogP contribution in [0.25, 0.3) is 10.9 Å². The molecule has 0 radical (unpaired) electrons. The lowest BCUT2D eigenvalue weighted by Gasteiger charge is -2.32. The average Bonchev–Trinajstić information content (AvgIpc) is 3.43. The smallest absolute Gasteiger partial charge is 0.202 e. The summed E-state index contributed by atoms with van der Waals surface area (Å²) >= 11 is 0. The Balaban J connectivity index is 1.40. The van der Waals surface area contributed by atoms with Crippen LogP contribution in [0.15, 0.2) is 30.3 Å². The van der Waals surface area contributed by atoms with Gasteiger partial charge in [-0.05, 0) is 54.2 Å². The number of aliphatic hydroxyl groups is 2. The van der Waals surface area contributed by atoms with Gasteiger partial charge >= 0.3 is 0 Å². The third kappa shape index (κ3) is 4.33. The maximum absolute atomic E-state index is 10.2. The van der Waals surface area contributed by atoms with Crippen molar-refractivity contribution in [1.29, 1.82) is 0 Å². The molecule has 3 aromatic rings. The van der Waals surface area contributed by atoms with Crippen LogP contribution in [0.4, 0.5) is 0 Å². The molecular weight excluding hydrogens is 408 g/mol. The van der Waals surface area contributed by atoms with E-state index in [0.717, 1.165) is 60.2 Å². The number of nitrogens with one attached hydrogen (secondary N) is 1. The summed E-state index contributed by atoms with van der Waals surface area (Å²) in [6.07, 6.45) is 2.73. The zero-order valence-electron chi connectivity index (χ0n) is 18.3. The number of ether oxygens (including phenoxy) is 3. The highest BCUT2D eigenvalue weighted by atomic mass is 16.7. The van der Waals surface area contributed by atoms with Crippen molar-refractivity contribution in [2.75, 3.05) is 13.2 Å². The first-order valence-electron chi connectivity index (χ1n) is 11.5. The molecule has 1 aromatic heterocycles. The molecule has 170 valence electrons. The number of hydrogen-bond acceptors (Lipinski definition) is 6. The minimum atomic E-state index is -0.606. The highest BCUT2D eigenvalue weighted by molar-refractivity contribution is 5.88. The summed E-state index contributed by atoms with van der Waals surface area (Å²) < 4.78 is 17.7. The highest BCUT2D eigenvalue weighted by Gasteiger charge is 2.30. The Morgan fingerprint density at radius 1 is 1.16 bits per heavy atom. The van der Waals surface area contributed by atoms with Crippen LogP contribution >= 0.6 is 0 Å². The Morgan fingerprint density at radius 3 is 2.91 bits per heavy atom. The number of nitrogens with zero attached hydrogens (tertiary/aromatic N) is 1.